The van der Waals surface area contributed by atoms with Crippen molar-refractivity contribution in [3.05, 3.63) is 23.0 Å². The number of nitrogens with one attached hydrogen (secondary N) is 1. The smallest absolute Gasteiger partial charge is 0.149 e. The molecular formula is C13H19N5. The highest BCUT2D eigenvalue weighted by Crippen LogP contribution is 2.28. The fraction of sp³-hybridized carbons (Fsp3) is 0.462. The Morgan fingerprint density at radius 2 is 2.06 bits per heavy atom. The van der Waals surface area contributed by atoms with Gasteiger partial charge in [0, 0.05) is 11.1 Å². The van der Waals surface area contributed by atoms with Gasteiger partial charge in [0.1, 0.15) is 5.82 Å². The third-order valence-electron chi connectivity index (χ3n) is 3.00. The van der Waals surface area contributed by atoms with Crippen LogP contribution in [0.4, 0.5) is 5.82 Å². The maximum Gasteiger partial charge on any atom is 0.149 e. The molecule has 0 aliphatic carbocycles. The highest BCUT2D eigenvalue weighted by atomic mass is 15.2. The van der Waals surface area contributed by atoms with E-state index in [1.54, 1.807) is 0 Å². The van der Waals surface area contributed by atoms with E-state index in [0.717, 1.165) is 47.5 Å². The van der Waals surface area contributed by atoms with Gasteiger partial charge in [-0.25, -0.2) is 0 Å². The van der Waals surface area contributed by atoms with Crippen LogP contribution < -0.4 is 5.73 Å². The average Bonchev–Trinajstić information content (AvgIpc) is 2.72. The number of aromatic nitrogens is 4. The third kappa shape index (κ3) is 2.20. The molecule has 0 aromatic carbocycles. The van der Waals surface area contributed by atoms with E-state index in [0.29, 0.717) is 5.82 Å². The fourth-order valence-electron chi connectivity index (χ4n) is 2.10. The summed E-state index contributed by atoms with van der Waals surface area (Å²) in [5, 5.41) is 15.5. The standard InChI is InChI=1S/C13H19N5/c1-4-6-9-12(17-18-13(9)14)10-7-8(3)15-16-11(10)5-2/h7H,4-6H2,1-3H3,(H3,14,17,18). The van der Waals surface area contributed by atoms with Crippen molar-refractivity contribution in [3.63, 3.8) is 0 Å². The van der Waals surface area contributed by atoms with Crippen molar-refractivity contribution in [1.82, 2.24) is 20.4 Å². The van der Waals surface area contributed by atoms with Crippen molar-refractivity contribution < 1.29 is 0 Å². The van der Waals surface area contributed by atoms with Gasteiger partial charge in [-0.05, 0) is 25.8 Å². The number of nitrogen functional groups attached to an aromatic ring is 1. The van der Waals surface area contributed by atoms with Crippen molar-refractivity contribution in [3.8, 4) is 11.3 Å². The Hall–Kier alpha value is -1.91. The van der Waals surface area contributed by atoms with Crippen molar-refractivity contribution >= 4 is 5.82 Å². The second-order valence-electron chi connectivity index (χ2n) is 4.41. The quantitative estimate of drug-likeness (QED) is 0.865. The number of nitrogens with zero attached hydrogens (tertiary/aromatic N) is 3. The molecule has 0 saturated carbocycles. The molecule has 0 spiro atoms. The van der Waals surface area contributed by atoms with Gasteiger partial charge in [0.25, 0.3) is 0 Å². The summed E-state index contributed by atoms with van der Waals surface area (Å²) < 4.78 is 0. The molecule has 2 rings (SSSR count). The lowest BCUT2D eigenvalue weighted by molar-refractivity contribution is 0.889. The van der Waals surface area contributed by atoms with Crippen LogP contribution in [0.3, 0.4) is 0 Å². The monoisotopic (exact) mass is 245 g/mol. The van der Waals surface area contributed by atoms with E-state index in [1.165, 1.54) is 0 Å². The Morgan fingerprint density at radius 3 is 2.72 bits per heavy atom. The van der Waals surface area contributed by atoms with Crippen LogP contribution in [0.1, 0.15) is 37.2 Å². The van der Waals surface area contributed by atoms with Gasteiger partial charge < -0.3 is 5.73 Å². The minimum Gasteiger partial charge on any atom is -0.382 e. The molecule has 3 N–H and O–H groups in total. The van der Waals surface area contributed by atoms with Gasteiger partial charge in [-0.2, -0.15) is 15.3 Å². The Bertz CT molecular complexity index is 544. The van der Waals surface area contributed by atoms with Gasteiger partial charge in [0.2, 0.25) is 0 Å². The van der Waals surface area contributed by atoms with Gasteiger partial charge in [0.15, 0.2) is 0 Å². The Balaban J connectivity index is 2.57. The molecule has 2 aromatic rings. The normalized spacial score (nSPS) is 10.8. The number of anilines is 1. The zero-order chi connectivity index (χ0) is 13.1. The van der Waals surface area contributed by atoms with E-state index in [9.17, 15) is 0 Å². The number of aryl methyl sites for hydroxylation is 2. The number of hydrogen-bond donors (Lipinski definition) is 2. The summed E-state index contributed by atoms with van der Waals surface area (Å²) in [6, 6.07) is 2.04. The van der Waals surface area contributed by atoms with Gasteiger partial charge in [-0.1, -0.05) is 20.3 Å². The molecule has 18 heavy (non-hydrogen) atoms. The number of hydrogen-bond acceptors (Lipinski definition) is 4. The molecule has 0 atom stereocenters. The van der Waals surface area contributed by atoms with Crippen LogP contribution in [0.5, 0.6) is 0 Å². The molecular weight excluding hydrogens is 226 g/mol. The highest BCUT2D eigenvalue weighted by Gasteiger charge is 2.15. The largest absolute Gasteiger partial charge is 0.382 e. The predicted molar refractivity (Wildman–Crippen MR) is 72.1 cm³/mol. The van der Waals surface area contributed by atoms with Crippen LogP contribution in [-0.4, -0.2) is 20.4 Å². The summed E-state index contributed by atoms with van der Waals surface area (Å²) >= 11 is 0. The van der Waals surface area contributed by atoms with Gasteiger partial charge in [-0.15, -0.1) is 0 Å². The first-order valence-electron chi connectivity index (χ1n) is 6.33. The Kier molecular flexibility index (Phi) is 3.60. The molecule has 2 aromatic heterocycles. The lowest BCUT2D eigenvalue weighted by atomic mass is 10.0. The third-order valence-corrected chi connectivity index (χ3v) is 3.00. The van der Waals surface area contributed by atoms with Crippen LogP contribution in [0, 0.1) is 6.92 Å². The van der Waals surface area contributed by atoms with Gasteiger partial charge >= 0.3 is 0 Å². The molecule has 96 valence electrons. The Morgan fingerprint density at radius 1 is 1.28 bits per heavy atom. The van der Waals surface area contributed by atoms with E-state index in [4.69, 9.17) is 5.73 Å². The van der Waals surface area contributed by atoms with Crippen LogP contribution >= 0.6 is 0 Å². The second-order valence-corrected chi connectivity index (χ2v) is 4.41. The maximum atomic E-state index is 5.92. The maximum absolute atomic E-state index is 5.92. The molecule has 0 amide bonds. The van der Waals surface area contributed by atoms with E-state index in [-0.39, 0.29) is 0 Å². The van der Waals surface area contributed by atoms with Crippen molar-refractivity contribution in [1.29, 1.82) is 0 Å². The van der Waals surface area contributed by atoms with E-state index < -0.39 is 0 Å². The van der Waals surface area contributed by atoms with E-state index >= 15 is 0 Å². The second kappa shape index (κ2) is 5.16. The molecule has 5 nitrogen and oxygen atoms in total. The summed E-state index contributed by atoms with van der Waals surface area (Å²) in [6.45, 7) is 6.14. The molecule has 5 heteroatoms. The van der Waals surface area contributed by atoms with Crippen LogP contribution in [0.2, 0.25) is 0 Å². The van der Waals surface area contributed by atoms with Gasteiger partial charge in [-0.3, -0.25) is 5.10 Å². The SMILES string of the molecule is CCCc1c(N)n[nH]c1-c1cc(C)nnc1CC. The lowest BCUT2D eigenvalue weighted by Gasteiger charge is -2.07. The molecule has 2 heterocycles. The molecule has 0 unspecified atom stereocenters. The van der Waals surface area contributed by atoms with E-state index in [1.807, 2.05) is 13.0 Å². The summed E-state index contributed by atoms with van der Waals surface area (Å²) in [5.41, 5.74) is 10.9. The molecule has 0 bridgehead atoms. The first kappa shape index (κ1) is 12.5. The highest BCUT2D eigenvalue weighted by molar-refractivity contribution is 5.70. The van der Waals surface area contributed by atoms with Crippen molar-refractivity contribution in [2.45, 2.75) is 40.0 Å². The minimum absolute atomic E-state index is 0.586. The number of nitrogens with two attached hydrogens (primary N) is 1. The van der Waals surface area contributed by atoms with Crippen molar-refractivity contribution in [2.24, 2.45) is 0 Å². The summed E-state index contributed by atoms with van der Waals surface area (Å²) in [4.78, 5) is 0. The summed E-state index contributed by atoms with van der Waals surface area (Å²) in [7, 11) is 0. The Labute approximate surface area is 107 Å². The molecule has 0 radical (unpaired) electrons. The van der Waals surface area contributed by atoms with Crippen LogP contribution in [0.25, 0.3) is 11.3 Å². The molecule has 0 fully saturated rings. The van der Waals surface area contributed by atoms with Gasteiger partial charge in [0.05, 0.1) is 17.1 Å². The number of H-pyrrole nitrogens is 1. The molecule has 0 saturated heterocycles. The minimum atomic E-state index is 0.586. The zero-order valence-corrected chi connectivity index (χ0v) is 11.1. The average molecular weight is 245 g/mol. The van der Waals surface area contributed by atoms with Crippen LogP contribution in [0.15, 0.2) is 6.07 Å². The summed E-state index contributed by atoms with van der Waals surface area (Å²) in [5.74, 6) is 0.586. The topological polar surface area (TPSA) is 80.5 Å². The summed E-state index contributed by atoms with van der Waals surface area (Å²) in [6.07, 6.45) is 2.80. The zero-order valence-electron chi connectivity index (χ0n) is 11.1. The van der Waals surface area contributed by atoms with E-state index in [2.05, 4.69) is 34.2 Å². The number of rotatable bonds is 4. The lowest BCUT2D eigenvalue weighted by Crippen LogP contribution is -2.00. The molecule has 0 aliphatic rings. The first-order chi connectivity index (χ1) is 8.67. The van der Waals surface area contributed by atoms with Crippen molar-refractivity contribution in [2.75, 3.05) is 5.73 Å². The number of aromatic amines is 1. The molecule has 0 aliphatic heterocycles. The first-order valence-corrected chi connectivity index (χ1v) is 6.33. The fourth-order valence-corrected chi connectivity index (χ4v) is 2.10. The van der Waals surface area contributed by atoms with Crippen LogP contribution in [-0.2, 0) is 12.8 Å². The predicted octanol–water partition coefficient (Wildman–Crippen LogP) is 2.27.